The molecule has 4 rings (SSSR count). The molecule has 1 aromatic heterocycles. The summed E-state index contributed by atoms with van der Waals surface area (Å²) in [7, 11) is 0. The van der Waals surface area contributed by atoms with Gasteiger partial charge in [-0.05, 0) is 68.2 Å². The van der Waals surface area contributed by atoms with E-state index in [1.54, 1.807) is 6.07 Å². The Bertz CT molecular complexity index is 881. The first-order chi connectivity index (χ1) is 12.2. The lowest BCUT2D eigenvalue weighted by atomic mass is 9.96. The first-order valence-electron chi connectivity index (χ1n) is 8.83. The Kier molecular flexibility index (Phi) is 4.36. The van der Waals surface area contributed by atoms with E-state index in [9.17, 15) is 4.39 Å². The van der Waals surface area contributed by atoms with Crippen molar-refractivity contribution >= 4 is 16.5 Å². The van der Waals surface area contributed by atoms with Crippen LogP contribution in [0.1, 0.15) is 18.4 Å². The number of aryl methyl sites for hydroxylation is 1. The second-order valence-corrected chi connectivity index (χ2v) is 6.72. The molecule has 0 amide bonds. The summed E-state index contributed by atoms with van der Waals surface area (Å²) in [5.41, 5.74) is 3.56. The number of nitrogens with zero attached hydrogens (tertiary/aromatic N) is 1. The van der Waals surface area contributed by atoms with Gasteiger partial charge in [-0.1, -0.05) is 12.1 Å². The van der Waals surface area contributed by atoms with Gasteiger partial charge in [-0.2, -0.15) is 0 Å². The van der Waals surface area contributed by atoms with E-state index in [1.807, 2.05) is 37.5 Å². The molecular weight excluding hydrogens is 313 g/mol. The number of halogens is 1. The fourth-order valence-corrected chi connectivity index (χ4v) is 3.66. The van der Waals surface area contributed by atoms with Gasteiger partial charge in [-0.25, -0.2) is 4.39 Å². The van der Waals surface area contributed by atoms with E-state index in [4.69, 9.17) is 0 Å². The molecule has 0 radical (unpaired) electrons. The molecule has 0 atom stereocenters. The van der Waals surface area contributed by atoms with Crippen molar-refractivity contribution in [3.05, 3.63) is 60.2 Å². The van der Waals surface area contributed by atoms with Gasteiger partial charge in [-0.15, -0.1) is 0 Å². The number of anilines is 1. The predicted molar refractivity (Wildman–Crippen MR) is 101 cm³/mol. The van der Waals surface area contributed by atoms with Gasteiger partial charge in [0.2, 0.25) is 0 Å². The van der Waals surface area contributed by atoms with E-state index < -0.39 is 0 Å². The van der Waals surface area contributed by atoms with Crippen molar-refractivity contribution in [2.75, 3.05) is 18.4 Å². The van der Waals surface area contributed by atoms with Gasteiger partial charge >= 0.3 is 0 Å². The zero-order valence-corrected chi connectivity index (χ0v) is 14.3. The molecule has 0 unspecified atom stereocenters. The number of pyridine rings is 1. The van der Waals surface area contributed by atoms with E-state index in [1.165, 1.54) is 6.07 Å². The molecular formula is C21H22FN3. The van der Waals surface area contributed by atoms with Crippen LogP contribution in [0.3, 0.4) is 0 Å². The van der Waals surface area contributed by atoms with Crippen molar-refractivity contribution in [1.29, 1.82) is 0 Å². The Morgan fingerprint density at radius 1 is 1.16 bits per heavy atom. The van der Waals surface area contributed by atoms with Crippen LogP contribution in [0.15, 0.2) is 48.8 Å². The van der Waals surface area contributed by atoms with Gasteiger partial charge < -0.3 is 10.6 Å². The normalized spacial score (nSPS) is 15.4. The van der Waals surface area contributed by atoms with Gasteiger partial charge in [0, 0.05) is 40.5 Å². The van der Waals surface area contributed by atoms with Crippen molar-refractivity contribution in [2.45, 2.75) is 25.8 Å². The average molecular weight is 335 g/mol. The third kappa shape index (κ3) is 3.22. The van der Waals surface area contributed by atoms with Gasteiger partial charge in [0.15, 0.2) is 0 Å². The largest absolute Gasteiger partial charge is 0.382 e. The Morgan fingerprint density at radius 3 is 2.80 bits per heavy atom. The van der Waals surface area contributed by atoms with Crippen LogP contribution >= 0.6 is 0 Å². The smallest absolute Gasteiger partial charge is 0.131 e. The summed E-state index contributed by atoms with van der Waals surface area (Å²) in [5, 5.41) is 9.23. The summed E-state index contributed by atoms with van der Waals surface area (Å²) in [6.07, 6.45) is 5.84. The number of piperidine rings is 1. The maximum absolute atomic E-state index is 14.5. The molecule has 3 aromatic rings. The maximum atomic E-state index is 14.5. The summed E-state index contributed by atoms with van der Waals surface area (Å²) in [6.45, 7) is 4.01. The zero-order valence-electron chi connectivity index (χ0n) is 14.3. The Balaban J connectivity index is 1.83. The highest BCUT2D eigenvalue weighted by Gasteiger charge is 2.16. The molecule has 4 heteroatoms. The van der Waals surface area contributed by atoms with Crippen molar-refractivity contribution in [3.8, 4) is 11.1 Å². The zero-order chi connectivity index (χ0) is 17.2. The SMILES string of the molecule is Cc1cccc(F)c1-c1cc(NC2CCNCC2)c2ccncc2c1. The number of hydrogen-bond donors (Lipinski definition) is 2. The molecule has 0 aliphatic carbocycles. The summed E-state index contributed by atoms with van der Waals surface area (Å²) in [5.74, 6) is -0.184. The number of benzene rings is 2. The predicted octanol–water partition coefficient (Wildman–Crippen LogP) is 4.51. The second kappa shape index (κ2) is 6.81. The van der Waals surface area contributed by atoms with Gasteiger partial charge in [-0.3, -0.25) is 4.98 Å². The summed E-state index contributed by atoms with van der Waals surface area (Å²) < 4.78 is 14.5. The van der Waals surface area contributed by atoms with Crippen LogP contribution in [0.2, 0.25) is 0 Å². The van der Waals surface area contributed by atoms with Crippen molar-refractivity contribution < 1.29 is 4.39 Å². The Morgan fingerprint density at radius 2 is 2.00 bits per heavy atom. The average Bonchev–Trinajstić information content (AvgIpc) is 2.62. The fraction of sp³-hybridized carbons (Fsp3) is 0.286. The van der Waals surface area contributed by atoms with Gasteiger partial charge in [0.25, 0.3) is 0 Å². The van der Waals surface area contributed by atoms with E-state index in [0.717, 1.165) is 53.5 Å². The van der Waals surface area contributed by atoms with Crippen molar-refractivity contribution in [1.82, 2.24) is 10.3 Å². The monoisotopic (exact) mass is 335 g/mol. The molecule has 1 aliphatic heterocycles. The number of nitrogens with one attached hydrogen (secondary N) is 2. The molecule has 2 aromatic carbocycles. The molecule has 2 N–H and O–H groups in total. The van der Waals surface area contributed by atoms with E-state index in [-0.39, 0.29) is 5.82 Å². The van der Waals surface area contributed by atoms with Gasteiger partial charge in [0.1, 0.15) is 5.82 Å². The first kappa shape index (κ1) is 16.0. The lowest BCUT2D eigenvalue weighted by Gasteiger charge is -2.26. The summed E-state index contributed by atoms with van der Waals surface area (Å²) >= 11 is 0. The third-order valence-electron chi connectivity index (χ3n) is 4.96. The third-order valence-corrected chi connectivity index (χ3v) is 4.96. The van der Waals surface area contributed by atoms with Crippen LogP contribution in [0.5, 0.6) is 0 Å². The first-order valence-corrected chi connectivity index (χ1v) is 8.83. The van der Waals surface area contributed by atoms with E-state index in [0.29, 0.717) is 11.6 Å². The number of aromatic nitrogens is 1. The number of hydrogen-bond acceptors (Lipinski definition) is 3. The molecule has 128 valence electrons. The van der Waals surface area contributed by atoms with Crippen molar-refractivity contribution in [3.63, 3.8) is 0 Å². The highest BCUT2D eigenvalue weighted by molar-refractivity contribution is 5.97. The highest BCUT2D eigenvalue weighted by atomic mass is 19.1. The highest BCUT2D eigenvalue weighted by Crippen LogP contribution is 2.34. The van der Waals surface area contributed by atoms with Crippen LogP contribution in [0.4, 0.5) is 10.1 Å². The molecule has 0 bridgehead atoms. The van der Waals surface area contributed by atoms with Gasteiger partial charge in [0.05, 0.1) is 0 Å². The topological polar surface area (TPSA) is 37.0 Å². The molecule has 0 saturated carbocycles. The lowest BCUT2D eigenvalue weighted by Crippen LogP contribution is -2.35. The van der Waals surface area contributed by atoms with E-state index >= 15 is 0 Å². The maximum Gasteiger partial charge on any atom is 0.131 e. The minimum absolute atomic E-state index is 0.184. The second-order valence-electron chi connectivity index (χ2n) is 6.72. The standard InChI is InChI=1S/C21H22FN3/c1-14-3-2-4-19(22)21(14)15-11-16-13-24-10-7-18(16)20(12-15)25-17-5-8-23-9-6-17/h2-4,7,10-13,17,23,25H,5-6,8-9H2,1H3. The number of rotatable bonds is 3. The van der Waals surface area contributed by atoms with Crippen molar-refractivity contribution in [2.24, 2.45) is 0 Å². The van der Waals surface area contributed by atoms with Crippen LogP contribution in [0, 0.1) is 12.7 Å². The molecule has 1 aliphatic rings. The van der Waals surface area contributed by atoms with Crippen LogP contribution in [-0.4, -0.2) is 24.1 Å². The molecule has 1 fully saturated rings. The fourth-order valence-electron chi connectivity index (χ4n) is 3.66. The lowest BCUT2D eigenvalue weighted by molar-refractivity contribution is 0.479. The molecule has 25 heavy (non-hydrogen) atoms. The summed E-state index contributed by atoms with van der Waals surface area (Å²) in [6, 6.07) is 11.8. The van der Waals surface area contributed by atoms with Crippen LogP contribution < -0.4 is 10.6 Å². The summed E-state index contributed by atoms with van der Waals surface area (Å²) in [4.78, 5) is 4.25. The quantitative estimate of drug-likeness (QED) is 0.739. The molecule has 2 heterocycles. The molecule has 1 saturated heterocycles. The minimum atomic E-state index is -0.184. The Labute approximate surface area is 147 Å². The molecule has 0 spiro atoms. The molecule has 3 nitrogen and oxygen atoms in total. The van der Waals surface area contributed by atoms with E-state index in [2.05, 4.69) is 21.7 Å². The van der Waals surface area contributed by atoms with Crippen LogP contribution in [0.25, 0.3) is 21.9 Å². The minimum Gasteiger partial charge on any atom is -0.382 e. The number of fused-ring (bicyclic) bond motifs is 1. The van der Waals surface area contributed by atoms with Crippen LogP contribution in [-0.2, 0) is 0 Å². The Hall–Kier alpha value is -2.46.